The average Bonchev–Trinajstić information content (AvgIpc) is 3.01. The molecule has 1 saturated carbocycles. The number of thioether (sulfide) groups is 1. The van der Waals surface area contributed by atoms with E-state index < -0.39 is 0 Å². The van der Waals surface area contributed by atoms with E-state index in [-0.39, 0.29) is 5.41 Å². The van der Waals surface area contributed by atoms with E-state index in [9.17, 15) is 0 Å². The maximum Gasteiger partial charge on any atom is 0.191 e. The quantitative estimate of drug-likeness (QED) is 0.332. The highest BCUT2D eigenvalue weighted by atomic mass is 32.2. The van der Waals surface area contributed by atoms with Crippen molar-refractivity contribution in [1.29, 1.82) is 0 Å². The number of hydrogen-bond donors (Lipinski definition) is 2. The maximum absolute atomic E-state index is 6.02. The fraction of sp³-hybridized carbons (Fsp3) is 0.850. The van der Waals surface area contributed by atoms with Crippen molar-refractivity contribution in [3.63, 3.8) is 0 Å². The molecule has 1 heterocycles. The lowest BCUT2D eigenvalue weighted by atomic mass is 9.58. The van der Waals surface area contributed by atoms with Crippen LogP contribution in [0.4, 0.5) is 0 Å². The fourth-order valence-electron chi connectivity index (χ4n) is 4.06. The molecule has 0 saturated heterocycles. The fourth-order valence-corrected chi connectivity index (χ4v) is 4.50. The maximum atomic E-state index is 6.02. The van der Waals surface area contributed by atoms with Crippen LogP contribution in [0.25, 0.3) is 0 Å². The van der Waals surface area contributed by atoms with Crippen molar-refractivity contribution >= 4 is 17.7 Å². The van der Waals surface area contributed by atoms with Gasteiger partial charge in [-0.3, -0.25) is 0 Å². The molecule has 1 aromatic rings. The molecule has 1 aliphatic rings. The SMILES string of the molecule is CCOC1CC(NC(=NCc2nnc(C)n2C)NCCCSC)C1(CC)CC. The Hall–Kier alpha value is -1.28. The molecule has 2 rings (SSSR count). The Labute approximate surface area is 174 Å². The molecule has 28 heavy (non-hydrogen) atoms. The van der Waals surface area contributed by atoms with Gasteiger partial charge < -0.3 is 19.9 Å². The summed E-state index contributed by atoms with van der Waals surface area (Å²) < 4.78 is 8.02. The van der Waals surface area contributed by atoms with E-state index in [0.717, 1.165) is 62.2 Å². The third-order valence-electron chi connectivity index (χ3n) is 6.16. The Balaban J connectivity index is 2.08. The van der Waals surface area contributed by atoms with Crippen molar-refractivity contribution in [3.8, 4) is 0 Å². The summed E-state index contributed by atoms with van der Waals surface area (Å²) >= 11 is 1.87. The molecule has 1 fully saturated rings. The molecule has 2 N–H and O–H groups in total. The molecule has 160 valence electrons. The second-order valence-electron chi connectivity index (χ2n) is 7.48. The van der Waals surface area contributed by atoms with Crippen molar-refractivity contribution in [3.05, 3.63) is 11.6 Å². The van der Waals surface area contributed by atoms with Gasteiger partial charge in [0.2, 0.25) is 0 Å². The van der Waals surface area contributed by atoms with Crippen LogP contribution >= 0.6 is 11.8 Å². The van der Waals surface area contributed by atoms with Gasteiger partial charge in [-0.05, 0) is 51.5 Å². The summed E-state index contributed by atoms with van der Waals surface area (Å²) in [6.45, 7) is 10.8. The van der Waals surface area contributed by atoms with Crippen molar-refractivity contribution in [2.45, 2.75) is 72.1 Å². The van der Waals surface area contributed by atoms with E-state index in [2.05, 4.69) is 47.9 Å². The molecule has 0 bridgehead atoms. The van der Waals surface area contributed by atoms with Crippen molar-refractivity contribution in [2.24, 2.45) is 17.5 Å². The predicted molar refractivity (Wildman–Crippen MR) is 118 cm³/mol. The van der Waals surface area contributed by atoms with Gasteiger partial charge in [0, 0.05) is 31.7 Å². The summed E-state index contributed by atoms with van der Waals surface area (Å²) in [6, 6.07) is 0.382. The van der Waals surface area contributed by atoms with Crippen LogP contribution in [0.15, 0.2) is 4.99 Å². The van der Waals surface area contributed by atoms with Gasteiger partial charge in [-0.2, -0.15) is 11.8 Å². The summed E-state index contributed by atoms with van der Waals surface area (Å²) in [5, 5.41) is 15.6. The van der Waals surface area contributed by atoms with Crippen LogP contribution in [0.2, 0.25) is 0 Å². The van der Waals surface area contributed by atoms with Gasteiger partial charge in [0.05, 0.1) is 6.10 Å². The number of ether oxygens (including phenoxy) is 1. The molecule has 7 nitrogen and oxygen atoms in total. The molecule has 1 aromatic heterocycles. The van der Waals surface area contributed by atoms with Gasteiger partial charge >= 0.3 is 0 Å². The van der Waals surface area contributed by atoms with E-state index >= 15 is 0 Å². The van der Waals surface area contributed by atoms with Gasteiger partial charge in [0.15, 0.2) is 11.8 Å². The zero-order chi connectivity index (χ0) is 20.6. The average molecular weight is 411 g/mol. The largest absolute Gasteiger partial charge is 0.378 e. The highest BCUT2D eigenvalue weighted by Gasteiger charge is 2.53. The summed E-state index contributed by atoms with van der Waals surface area (Å²) in [7, 11) is 1.98. The molecular weight excluding hydrogens is 372 g/mol. The molecule has 0 amide bonds. The highest BCUT2D eigenvalue weighted by Crippen LogP contribution is 2.48. The molecule has 0 spiro atoms. The first-order chi connectivity index (χ1) is 13.5. The second-order valence-corrected chi connectivity index (χ2v) is 8.46. The predicted octanol–water partition coefficient (Wildman–Crippen LogP) is 2.90. The van der Waals surface area contributed by atoms with Crippen molar-refractivity contribution in [2.75, 3.05) is 25.2 Å². The Morgan fingerprint density at radius 3 is 2.64 bits per heavy atom. The molecule has 0 aliphatic heterocycles. The minimum atomic E-state index is 0.180. The lowest BCUT2D eigenvalue weighted by Crippen LogP contribution is -2.65. The lowest BCUT2D eigenvalue weighted by Gasteiger charge is -2.55. The smallest absolute Gasteiger partial charge is 0.191 e. The highest BCUT2D eigenvalue weighted by molar-refractivity contribution is 7.98. The minimum absolute atomic E-state index is 0.180. The van der Waals surface area contributed by atoms with Gasteiger partial charge in [0.1, 0.15) is 12.4 Å². The Bertz CT molecular complexity index is 628. The van der Waals surface area contributed by atoms with E-state index in [0.29, 0.717) is 18.7 Å². The number of hydrogen-bond acceptors (Lipinski definition) is 5. The number of rotatable bonds is 11. The number of guanidine groups is 1. The third-order valence-corrected chi connectivity index (χ3v) is 6.86. The molecule has 0 aromatic carbocycles. The van der Waals surface area contributed by atoms with Crippen LogP contribution in [-0.2, 0) is 18.3 Å². The van der Waals surface area contributed by atoms with Gasteiger partial charge in [-0.25, -0.2) is 4.99 Å². The molecule has 8 heteroatoms. The minimum Gasteiger partial charge on any atom is -0.378 e. The summed E-state index contributed by atoms with van der Waals surface area (Å²) in [5.74, 6) is 3.79. The summed E-state index contributed by atoms with van der Waals surface area (Å²) in [6.07, 6.45) is 6.84. The number of nitrogens with one attached hydrogen (secondary N) is 2. The van der Waals surface area contributed by atoms with Crippen LogP contribution in [-0.4, -0.2) is 58.0 Å². The number of aryl methyl sites for hydroxylation is 1. The second kappa shape index (κ2) is 11.0. The zero-order valence-electron chi connectivity index (χ0n) is 18.4. The first-order valence-corrected chi connectivity index (χ1v) is 11.9. The van der Waals surface area contributed by atoms with Crippen LogP contribution < -0.4 is 10.6 Å². The number of aliphatic imine (C=N–C) groups is 1. The topological polar surface area (TPSA) is 76.4 Å². The molecule has 1 aliphatic carbocycles. The van der Waals surface area contributed by atoms with Crippen LogP contribution in [0.5, 0.6) is 0 Å². The molecular formula is C20H38N6OS. The van der Waals surface area contributed by atoms with E-state index in [4.69, 9.17) is 9.73 Å². The van der Waals surface area contributed by atoms with Gasteiger partial charge in [-0.1, -0.05) is 13.8 Å². The summed E-state index contributed by atoms with van der Waals surface area (Å²) in [5.41, 5.74) is 0.180. The van der Waals surface area contributed by atoms with E-state index in [1.807, 2.05) is 30.3 Å². The van der Waals surface area contributed by atoms with Crippen LogP contribution in [0.1, 0.15) is 58.1 Å². The van der Waals surface area contributed by atoms with Gasteiger partial charge in [0.25, 0.3) is 0 Å². The standard InChI is InChI=1S/C20H38N6OS/c1-7-20(8-2)16(13-17(20)27-9-3)23-19(21-11-10-12-28-6)22-14-18-25-24-15(4)26(18)5/h16-17H,7-14H2,1-6H3,(H2,21,22,23). The lowest BCUT2D eigenvalue weighted by molar-refractivity contribution is -0.133. The Morgan fingerprint density at radius 1 is 1.32 bits per heavy atom. The van der Waals surface area contributed by atoms with Crippen LogP contribution in [0.3, 0.4) is 0 Å². The van der Waals surface area contributed by atoms with Crippen molar-refractivity contribution in [1.82, 2.24) is 25.4 Å². The normalized spacial score (nSPS) is 21.4. The van der Waals surface area contributed by atoms with E-state index in [1.165, 1.54) is 0 Å². The van der Waals surface area contributed by atoms with E-state index in [1.54, 1.807) is 0 Å². The zero-order valence-corrected chi connectivity index (χ0v) is 19.2. The Kier molecular flexibility index (Phi) is 9.08. The van der Waals surface area contributed by atoms with Crippen LogP contribution in [0, 0.1) is 12.3 Å². The summed E-state index contributed by atoms with van der Waals surface area (Å²) in [4.78, 5) is 4.82. The molecule has 0 radical (unpaired) electrons. The van der Waals surface area contributed by atoms with Gasteiger partial charge in [-0.15, -0.1) is 10.2 Å². The van der Waals surface area contributed by atoms with Crippen molar-refractivity contribution < 1.29 is 4.74 Å². The third kappa shape index (κ3) is 5.20. The molecule has 2 unspecified atom stereocenters. The Morgan fingerprint density at radius 2 is 2.07 bits per heavy atom. The first-order valence-electron chi connectivity index (χ1n) is 10.5. The first kappa shape index (κ1) is 23.0. The number of nitrogens with zero attached hydrogens (tertiary/aromatic N) is 4. The number of aromatic nitrogens is 3. The molecule has 2 atom stereocenters. The monoisotopic (exact) mass is 410 g/mol.